The molecule has 0 spiro atoms. The molecule has 1 aromatic carbocycles. The first-order valence-corrected chi connectivity index (χ1v) is 7.70. The highest BCUT2D eigenvalue weighted by Gasteiger charge is 2.38. The van der Waals surface area contributed by atoms with E-state index in [1.807, 2.05) is 0 Å². The Balaban J connectivity index is 2.14. The van der Waals surface area contributed by atoms with Crippen LogP contribution in [0.5, 0.6) is 0 Å². The van der Waals surface area contributed by atoms with Gasteiger partial charge < -0.3 is 9.47 Å². The highest BCUT2D eigenvalue weighted by atomic mass is 16.7. The molecule has 1 heterocycles. The number of benzene rings is 1. The van der Waals surface area contributed by atoms with Crippen molar-refractivity contribution in [3.63, 3.8) is 0 Å². The monoisotopic (exact) mass is 272 g/mol. The predicted molar refractivity (Wildman–Crippen MR) is 84.6 cm³/mol. The molecule has 1 saturated heterocycles. The second kappa shape index (κ2) is 4.61. The average molecular weight is 272 g/mol. The van der Waals surface area contributed by atoms with Gasteiger partial charge in [-0.05, 0) is 34.8 Å². The molecule has 0 bridgehead atoms. The van der Waals surface area contributed by atoms with Crippen molar-refractivity contribution >= 4 is 13.3 Å². The van der Waals surface area contributed by atoms with Gasteiger partial charge in [-0.15, -0.1) is 0 Å². The maximum absolute atomic E-state index is 5.71. The third-order valence-electron chi connectivity index (χ3n) is 5.12. The van der Waals surface area contributed by atoms with Crippen molar-refractivity contribution < 1.29 is 9.47 Å². The van der Waals surface area contributed by atoms with Crippen molar-refractivity contribution in [2.45, 2.75) is 57.7 Å². The van der Waals surface area contributed by atoms with Gasteiger partial charge in [-0.1, -0.05) is 45.3 Å². The van der Waals surface area contributed by atoms with Crippen LogP contribution in [0.2, 0.25) is 0 Å². The van der Waals surface area contributed by atoms with Gasteiger partial charge in [-0.3, -0.25) is 0 Å². The van der Waals surface area contributed by atoms with Crippen molar-refractivity contribution in [1.82, 2.24) is 0 Å². The normalized spacial score (nSPS) is 24.6. The fourth-order valence-electron chi connectivity index (χ4n) is 3.53. The smallest absolute Gasteiger partial charge is 0.183 e. The average Bonchev–Trinajstić information content (AvgIpc) is 2.88. The van der Waals surface area contributed by atoms with E-state index < -0.39 is 0 Å². The summed E-state index contributed by atoms with van der Waals surface area (Å²) in [5.74, 6) is 0. The zero-order valence-corrected chi connectivity index (χ0v) is 13.4. The van der Waals surface area contributed by atoms with Crippen LogP contribution in [-0.4, -0.2) is 21.1 Å². The molecule has 0 unspecified atom stereocenters. The van der Waals surface area contributed by atoms with Crippen LogP contribution < -0.4 is 5.46 Å². The molecule has 0 saturated carbocycles. The van der Waals surface area contributed by atoms with Gasteiger partial charge in [0.15, 0.2) is 6.29 Å². The zero-order chi connectivity index (χ0) is 14.5. The van der Waals surface area contributed by atoms with Gasteiger partial charge in [0, 0.05) is 5.56 Å². The summed E-state index contributed by atoms with van der Waals surface area (Å²) in [6, 6.07) is 4.72. The van der Waals surface area contributed by atoms with E-state index in [4.69, 9.17) is 9.47 Å². The first kappa shape index (κ1) is 14.2. The standard InChI is InChI=1S/C17H25BO2/c1-16(2)5-6-17(3,4)13-10-14(18)11(9-12(13)16)15-19-7-8-20-15/h9-10,15H,5-8,18H2,1-4H3. The zero-order valence-electron chi connectivity index (χ0n) is 13.4. The molecular weight excluding hydrogens is 247 g/mol. The van der Waals surface area contributed by atoms with E-state index in [0.29, 0.717) is 13.2 Å². The topological polar surface area (TPSA) is 18.5 Å². The first-order valence-electron chi connectivity index (χ1n) is 7.70. The van der Waals surface area contributed by atoms with E-state index in [2.05, 4.69) is 47.7 Å². The SMILES string of the molecule is Bc1cc2c(cc1C1OCCO1)C(C)(C)CCC2(C)C. The van der Waals surface area contributed by atoms with E-state index in [-0.39, 0.29) is 17.1 Å². The van der Waals surface area contributed by atoms with E-state index in [1.54, 1.807) is 0 Å². The van der Waals surface area contributed by atoms with Gasteiger partial charge in [0.25, 0.3) is 0 Å². The molecule has 2 aliphatic rings. The third kappa shape index (κ3) is 2.21. The molecule has 3 rings (SSSR count). The highest BCUT2D eigenvalue weighted by molar-refractivity contribution is 6.33. The van der Waals surface area contributed by atoms with Crippen LogP contribution in [0.1, 0.15) is 63.5 Å². The molecule has 1 fully saturated rings. The third-order valence-corrected chi connectivity index (χ3v) is 5.12. The lowest BCUT2D eigenvalue weighted by Gasteiger charge is -2.42. The van der Waals surface area contributed by atoms with Crippen molar-refractivity contribution in [2.75, 3.05) is 13.2 Å². The summed E-state index contributed by atoms with van der Waals surface area (Å²) >= 11 is 0. The molecule has 1 aliphatic carbocycles. The van der Waals surface area contributed by atoms with Crippen molar-refractivity contribution in [3.05, 3.63) is 28.8 Å². The van der Waals surface area contributed by atoms with E-state index >= 15 is 0 Å². The van der Waals surface area contributed by atoms with Gasteiger partial charge >= 0.3 is 0 Å². The predicted octanol–water partition coefficient (Wildman–Crippen LogP) is 2.34. The number of fused-ring (bicyclic) bond motifs is 1. The second-order valence-corrected chi connectivity index (χ2v) is 7.60. The van der Waals surface area contributed by atoms with Crippen LogP contribution in [0.3, 0.4) is 0 Å². The van der Waals surface area contributed by atoms with E-state index in [0.717, 1.165) is 0 Å². The lowest BCUT2D eigenvalue weighted by atomic mass is 9.62. The summed E-state index contributed by atoms with van der Waals surface area (Å²) in [5, 5.41) is 0. The van der Waals surface area contributed by atoms with Gasteiger partial charge in [-0.2, -0.15) is 0 Å². The summed E-state index contributed by atoms with van der Waals surface area (Å²) in [5.41, 5.74) is 6.01. The Morgan fingerprint density at radius 2 is 1.45 bits per heavy atom. The molecule has 2 nitrogen and oxygen atoms in total. The van der Waals surface area contributed by atoms with Crippen molar-refractivity contribution in [1.29, 1.82) is 0 Å². The summed E-state index contributed by atoms with van der Waals surface area (Å²) in [4.78, 5) is 0. The summed E-state index contributed by atoms with van der Waals surface area (Å²) in [6.07, 6.45) is 2.32. The Morgan fingerprint density at radius 1 is 0.950 bits per heavy atom. The minimum absolute atomic E-state index is 0.166. The Kier molecular flexibility index (Phi) is 3.26. The summed E-state index contributed by atoms with van der Waals surface area (Å²) in [7, 11) is 2.18. The summed E-state index contributed by atoms with van der Waals surface area (Å²) < 4.78 is 11.4. The van der Waals surface area contributed by atoms with Gasteiger partial charge in [-0.25, -0.2) is 0 Å². The molecule has 1 aliphatic heterocycles. The molecule has 0 aromatic heterocycles. The highest BCUT2D eigenvalue weighted by Crippen LogP contribution is 2.46. The fraction of sp³-hybridized carbons (Fsp3) is 0.647. The largest absolute Gasteiger partial charge is 0.346 e. The van der Waals surface area contributed by atoms with Gasteiger partial charge in [0.2, 0.25) is 0 Å². The quantitative estimate of drug-likeness (QED) is 0.731. The molecule has 108 valence electrons. The molecular formula is C17H25BO2. The van der Waals surface area contributed by atoms with Crippen LogP contribution in [0, 0.1) is 0 Å². The lowest BCUT2D eigenvalue weighted by molar-refractivity contribution is -0.0434. The second-order valence-electron chi connectivity index (χ2n) is 7.60. The maximum atomic E-state index is 5.71. The Hall–Kier alpha value is -0.795. The van der Waals surface area contributed by atoms with Crippen molar-refractivity contribution in [3.8, 4) is 0 Å². The number of rotatable bonds is 1. The molecule has 1 aromatic rings. The van der Waals surface area contributed by atoms with Crippen molar-refractivity contribution in [2.24, 2.45) is 0 Å². The number of ether oxygens (including phenoxy) is 2. The molecule has 0 N–H and O–H groups in total. The van der Waals surface area contributed by atoms with Gasteiger partial charge in [0.05, 0.1) is 13.2 Å². The minimum atomic E-state index is -0.166. The fourth-order valence-corrected chi connectivity index (χ4v) is 3.53. The number of hydrogen-bond acceptors (Lipinski definition) is 2. The van der Waals surface area contributed by atoms with Crippen LogP contribution in [0.4, 0.5) is 0 Å². The van der Waals surface area contributed by atoms with E-state index in [1.165, 1.54) is 35.0 Å². The Labute approximate surface area is 123 Å². The minimum Gasteiger partial charge on any atom is -0.346 e. The number of hydrogen-bond donors (Lipinski definition) is 0. The Morgan fingerprint density at radius 3 is 2.00 bits per heavy atom. The molecule has 3 heteroatoms. The van der Waals surface area contributed by atoms with Crippen LogP contribution in [-0.2, 0) is 20.3 Å². The van der Waals surface area contributed by atoms with Gasteiger partial charge in [0.1, 0.15) is 7.85 Å². The molecule has 0 amide bonds. The first-order chi connectivity index (χ1) is 9.31. The van der Waals surface area contributed by atoms with Crippen LogP contribution in [0.15, 0.2) is 12.1 Å². The maximum Gasteiger partial charge on any atom is 0.183 e. The van der Waals surface area contributed by atoms with E-state index in [9.17, 15) is 0 Å². The molecule has 0 radical (unpaired) electrons. The summed E-state index contributed by atoms with van der Waals surface area (Å²) in [6.45, 7) is 10.9. The molecule has 20 heavy (non-hydrogen) atoms. The molecule has 0 atom stereocenters. The van der Waals surface area contributed by atoms with Crippen LogP contribution >= 0.6 is 0 Å². The van der Waals surface area contributed by atoms with Crippen LogP contribution in [0.25, 0.3) is 0 Å². The lowest BCUT2D eigenvalue weighted by Crippen LogP contribution is -2.36. The Bertz CT molecular complexity index is 528.